The predicted octanol–water partition coefficient (Wildman–Crippen LogP) is -0.543. The van der Waals surface area contributed by atoms with E-state index in [9.17, 15) is 0 Å². The monoisotopic (exact) mass is 161 g/mol. The molecule has 4 nitrogen and oxygen atoms in total. The fraction of sp³-hybridized carbons (Fsp3) is 1.00. The first-order chi connectivity index (χ1) is 5.09. The Morgan fingerprint density at radius 2 is 1.91 bits per heavy atom. The molecule has 2 atom stereocenters. The molecule has 0 radical (unpaired) electrons. The summed E-state index contributed by atoms with van der Waals surface area (Å²) in [6.45, 7) is 3.97. The van der Waals surface area contributed by atoms with Gasteiger partial charge in [0.05, 0.1) is 6.61 Å². The van der Waals surface area contributed by atoms with E-state index in [1.54, 1.807) is 0 Å². The quantitative estimate of drug-likeness (QED) is 0.570. The van der Waals surface area contributed by atoms with E-state index in [0.717, 1.165) is 0 Å². The van der Waals surface area contributed by atoms with E-state index in [2.05, 4.69) is 0 Å². The number of aliphatic hydroxyl groups excluding tert-OH is 1. The molecule has 3 N–H and O–H groups in total. The first-order valence-corrected chi connectivity index (χ1v) is 3.75. The molecule has 1 rings (SSSR count). The van der Waals surface area contributed by atoms with Gasteiger partial charge in [0.2, 0.25) is 0 Å². The van der Waals surface area contributed by atoms with Crippen LogP contribution in [0.5, 0.6) is 0 Å². The first-order valence-electron chi connectivity index (χ1n) is 3.75. The van der Waals surface area contributed by atoms with Crippen molar-refractivity contribution in [1.82, 2.24) is 0 Å². The van der Waals surface area contributed by atoms with Crippen LogP contribution in [0.4, 0.5) is 0 Å². The van der Waals surface area contributed by atoms with Crippen molar-refractivity contribution in [2.75, 3.05) is 13.2 Å². The van der Waals surface area contributed by atoms with Gasteiger partial charge in [0.15, 0.2) is 5.79 Å². The predicted molar refractivity (Wildman–Crippen MR) is 40.0 cm³/mol. The largest absolute Gasteiger partial charge is 0.394 e. The van der Waals surface area contributed by atoms with Crippen LogP contribution >= 0.6 is 0 Å². The average Bonchev–Trinajstić information content (AvgIpc) is 2.25. The Morgan fingerprint density at radius 3 is 2.27 bits per heavy atom. The van der Waals surface area contributed by atoms with Crippen LogP contribution in [0, 0.1) is 0 Å². The first kappa shape index (κ1) is 8.93. The molecular formula is C7H15NO3. The molecule has 1 aliphatic heterocycles. The van der Waals surface area contributed by atoms with Gasteiger partial charge in [-0.15, -0.1) is 0 Å². The minimum atomic E-state index is -0.600. The molecule has 0 aromatic carbocycles. The number of rotatable bonds is 2. The summed E-state index contributed by atoms with van der Waals surface area (Å²) in [4.78, 5) is 0. The average molecular weight is 161 g/mol. The molecule has 1 aliphatic rings. The fourth-order valence-electron chi connectivity index (χ4n) is 1.26. The van der Waals surface area contributed by atoms with Gasteiger partial charge in [0.25, 0.3) is 0 Å². The zero-order chi connectivity index (χ0) is 8.48. The summed E-state index contributed by atoms with van der Waals surface area (Å²) < 4.78 is 10.7. The Morgan fingerprint density at radius 1 is 1.36 bits per heavy atom. The number of aliphatic hydroxyl groups is 1. The van der Waals surface area contributed by atoms with Crippen molar-refractivity contribution in [2.45, 2.75) is 31.8 Å². The molecule has 0 saturated carbocycles. The Hall–Kier alpha value is -0.160. The molecule has 0 aliphatic carbocycles. The van der Waals surface area contributed by atoms with Gasteiger partial charge in [-0.1, -0.05) is 0 Å². The van der Waals surface area contributed by atoms with Crippen molar-refractivity contribution in [2.24, 2.45) is 5.73 Å². The van der Waals surface area contributed by atoms with Gasteiger partial charge in [0.1, 0.15) is 12.2 Å². The second-order valence-corrected chi connectivity index (χ2v) is 3.13. The number of nitrogens with two attached hydrogens (primary N) is 1. The van der Waals surface area contributed by atoms with Crippen molar-refractivity contribution in [1.29, 1.82) is 0 Å². The summed E-state index contributed by atoms with van der Waals surface area (Å²) in [6, 6.07) is 0. The third kappa shape index (κ3) is 1.90. The van der Waals surface area contributed by atoms with Crippen LogP contribution in [0.15, 0.2) is 0 Å². The maximum Gasteiger partial charge on any atom is 0.163 e. The molecule has 0 unspecified atom stereocenters. The molecule has 1 saturated heterocycles. The lowest BCUT2D eigenvalue weighted by Crippen LogP contribution is -2.33. The lowest BCUT2D eigenvalue weighted by molar-refractivity contribution is -0.148. The highest BCUT2D eigenvalue weighted by atomic mass is 16.8. The highest BCUT2D eigenvalue weighted by Crippen LogP contribution is 2.26. The molecular weight excluding hydrogens is 146 g/mol. The molecule has 1 heterocycles. The number of hydrogen-bond donors (Lipinski definition) is 2. The van der Waals surface area contributed by atoms with Gasteiger partial charge in [-0.25, -0.2) is 0 Å². The summed E-state index contributed by atoms with van der Waals surface area (Å²) in [5.41, 5.74) is 5.40. The van der Waals surface area contributed by atoms with E-state index in [4.69, 9.17) is 20.3 Å². The third-order valence-electron chi connectivity index (χ3n) is 1.70. The topological polar surface area (TPSA) is 64.7 Å². The lowest BCUT2D eigenvalue weighted by Gasteiger charge is -2.16. The van der Waals surface area contributed by atoms with E-state index in [1.165, 1.54) is 0 Å². The highest BCUT2D eigenvalue weighted by Gasteiger charge is 2.39. The Balaban J connectivity index is 2.55. The van der Waals surface area contributed by atoms with Crippen LogP contribution < -0.4 is 5.73 Å². The summed E-state index contributed by atoms with van der Waals surface area (Å²) in [6.07, 6.45) is -0.440. The van der Waals surface area contributed by atoms with Gasteiger partial charge >= 0.3 is 0 Å². The Kier molecular flexibility index (Phi) is 2.49. The van der Waals surface area contributed by atoms with E-state index in [0.29, 0.717) is 6.54 Å². The van der Waals surface area contributed by atoms with Crippen molar-refractivity contribution >= 4 is 0 Å². The molecule has 0 amide bonds. The van der Waals surface area contributed by atoms with E-state index in [-0.39, 0.29) is 18.8 Å². The summed E-state index contributed by atoms with van der Waals surface area (Å²) in [7, 11) is 0. The van der Waals surface area contributed by atoms with Crippen molar-refractivity contribution in [3.05, 3.63) is 0 Å². The maximum absolute atomic E-state index is 8.84. The molecule has 0 aromatic heterocycles. The minimum Gasteiger partial charge on any atom is -0.394 e. The normalized spacial score (nSPS) is 36.0. The van der Waals surface area contributed by atoms with Crippen molar-refractivity contribution < 1.29 is 14.6 Å². The van der Waals surface area contributed by atoms with Crippen molar-refractivity contribution in [3.63, 3.8) is 0 Å². The lowest BCUT2D eigenvalue weighted by atomic mass is 10.2. The molecule has 66 valence electrons. The van der Waals surface area contributed by atoms with E-state index in [1.807, 2.05) is 13.8 Å². The summed E-state index contributed by atoms with van der Waals surface area (Å²) >= 11 is 0. The molecule has 4 heteroatoms. The second kappa shape index (κ2) is 3.06. The smallest absolute Gasteiger partial charge is 0.163 e. The third-order valence-corrected chi connectivity index (χ3v) is 1.70. The zero-order valence-corrected chi connectivity index (χ0v) is 6.91. The summed E-state index contributed by atoms with van der Waals surface area (Å²) in [5.74, 6) is -0.600. The van der Waals surface area contributed by atoms with Crippen molar-refractivity contribution in [3.8, 4) is 0 Å². The highest BCUT2D eigenvalue weighted by molar-refractivity contribution is 4.81. The maximum atomic E-state index is 8.84. The van der Waals surface area contributed by atoms with Crippen LogP contribution in [0.25, 0.3) is 0 Å². The van der Waals surface area contributed by atoms with Gasteiger partial charge < -0.3 is 20.3 Å². The number of ether oxygens (including phenoxy) is 2. The van der Waals surface area contributed by atoms with Gasteiger partial charge in [-0.3, -0.25) is 0 Å². The molecule has 1 fully saturated rings. The Bertz CT molecular complexity index is 124. The van der Waals surface area contributed by atoms with E-state index >= 15 is 0 Å². The molecule has 0 bridgehead atoms. The standard InChI is InChI=1S/C7H15NO3/c1-7(2)10-5(3-8)6(4-9)11-7/h5-6,9H,3-4,8H2,1-2H3/t5-,6+/m0/s1. The molecule has 11 heavy (non-hydrogen) atoms. The van der Waals surface area contributed by atoms with E-state index < -0.39 is 5.79 Å². The Labute approximate surface area is 66.3 Å². The van der Waals surface area contributed by atoms with Gasteiger partial charge in [0, 0.05) is 6.54 Å². The van der Waals surface area contributed by atoms with Crippen LogP contribution in [-0.2, 0) is 9.47 Å². The minimum absolute atomic E-state index is 0.0364. The van der Waals surface area contributed by atoms with Crippen LogP contribution in [0.3, 0.4) is 0 Å². The fourth-order valence-corrected chi connectivity index (χ4v) is 1.26. The number of hydrogen-bond acceptors (Lipinski definition) is 4. The van der Waals surface area contributed by atoms with Crippen LogP contribution in [0.2, 0.25) is 0 Å². The molecule has 0 spiro atoms. The van der Waals surface area contributed by atoms with Crippen LogP contribution in [-0.4, -0.2) is 36.3 Å². The van der Waals surface area contributed by atoms with Gasteiger partial charge in [-0.05, 0) is 13.8 Å². The SMILES string of the molecule is CC1(C)O[C@@H](CN)[C@@H](CO)O1. The summed E-state index contributed by atoms with van der Waals surface area (Å²) in [5, 5.41) is 8.84. The zero-order valence-electron chi connectivity index (χ0n) is 6.91. The van der Waals surface area contributed by atoms with Gasteiger partial charge in [-0.2, -0.15) is 0 Å². The van der Waals surface area contributed by atoms with Crippen LogP contribution in [0.1, 0.15) is 13.8 Å². The molecule has 0 aromatic rings. The second-order valence-electron chi connectivity index (χ2n) is 3.13.